The van der Waals surface area contributed by atoms with Gasteiger partial charge in [-0.1, -0.05) is 12.1 Å². The molecular formula is C13H10F3NO4. The molecule has 112 valence electrons. The van der Waals surface area contributed by atoms with Crippen LogP contribution in [0.15, 0.2) is 34.9 Å². The normalized spacial score (nSPS) is 11.2. The van der Waals surface area contributed by atoms with E-state index in [0.29, 0.717) is 5.56 Å². The number of oxazole rings is 1. The maximum absolute atomic E-state index is 12.2. The Morgan fingerprint density at radius 1 is 1.38 bits per heavy atom. The molecule has 0 N–H and O–H groups in total. The number of hydrogen-bond acceptors (Lipinski definition) is 5. The molecule has 0 radical (unpaired) electrons. The molecule has 5 nitrogen and oxygen atoms in total. The van der Waals surface area contributed by atoms with Crippen LogP contribution < -0.4 is 4.74 Å². The highest BCUT2D eigenvalue weighted by Gasteiger charge is 2.31. The van der Waals surface area contributed by atoms with Crippen molar-refractivity contribution in [2.24, 2.45) is 0 Å². The van der Waals surface area contributed by atoms with Crippen LogP contribution in [0, 0.1) is 0 Å². The monoisotopic (exact) mass is 301 g/mol. The predicted octanol–water partition coefficient (Wildman–Crippen LogP) is 3.42. The SMILES string of the molecule is CCOC(=O)c1ncc(-c2cccc(OC(F)(F)F)c2)o1. The van der Waals surface area contributed by atoms with E-state index in [2.05, 4.69) is 9.72 Å². The van der Waals surface area contributed by atoms with Crippen molar-refractivity contribution in [3.8, 4) is 17.1 Å². The Bertz CT molecular complexity index is 636. The van der Waals surface area contributed by atoms with E-state index in [1.165, 1.54) is 18.3 Å². The van der Waals surface area contributed by atoms with Gasteiger partial charge >= 0.3 is 18.2 Å². The number of carbonyl (C=O) groups is 1. The Morgan fingerprint density at radius 2 is 2.14 bits per heavy atom. The molecule has 0 bridgehead atoms. The minimum Gasteiger partial charge on any atom is -0.459 e. The van der Waals surface area contributed by atoms with Crippen molar-refractivity contribution >= 4 is 5.97 Å². The highest BCUT2D eigenvalue weighted by molar-refractivity contribution is 5.84. The summed E-state index contributed by atoms with van der Waals surface area (Å²) in [7, 11) is 0. The maximum Gasteiger partial charge on any atom is 0.573 e. The molecule has 0 saturated heterocycles. The zero-order chi connectivity index (χ0) is 15.5. The van der Waals surface area contributed by atoms with E-state index in [0.717, 1.165) is 12.1 Å². The molecule has 0 aliphatic heterocycles. The van der Waals surface area contributed by atoms with E-state index >= 15 is 0 Å². The van der Waals surface area contributed by atoms with Crippen LogP contribution in [0.4, 0.5) is 13.2 Å². The number of esters is 1. The Morgan fingerprint density at radius 3 is 2.81 bits per heavy atom. The third-order valence-corrected chi connectivity index (χ3v) is 2.31. The van der Waals surface area contributed by atoms with E-state index in [9.17, 15) is 18.0 Å². The topological polar surface area (TPSA) is 61.6 Å². The van der Waals surface area contributed by atoms with Gasteiger partial charge in [-0.2, -0.15) is 0 Å². The minimum atomic E-state index is -4.78. The number of hydrogen-bond donors (Lipinski definition) is 0. The number of rotatable bonds is 4. The van der Waals surface area contributed by atoms with Gasteiger partial charge in [0.1, 0.15) is 5.75 Å². The number of alkyl halides is 3. The Balaban J connectivity index is 2.22. The largest absolute Gasteiger partial charge is 0.573 e. The van der Waals surface area contributed by atoms with Crippen molar-refractivity contribution in [1.82, 2.24) is 4.98 Å². The van der Waals surface area contributed by atoms with Crippen molar-refractivity contribution in [3.63, 3.8) is 0 Å². The van der Waals surface area contributed by atoms with E-state index in [1.54, 1.807) is 6.92 Å². The molecule has 0 aliphatic rings. The zero-order valence-electron chi connectivity index (χ0n) is 10.8. The second-order valence-corrected chi connectivity index (χ2v) is 3.83. The van der Waals surface area contributed by atoms with Crippen molar-refractivity contribution in [1.29, 1.82) is 0 Å². The van der Waals surface area contributed by atoms with Gasteiger partial charge in [-0.25, -0.2) is 9.78 Å². The number of carbonyl (C=O) groups excluding carboxylic acids is 1. The van der Waals surface area contributed by atoms with Gasteiger partial charge in [-0.3, -0.25) is 0 Å². The molecule has 2 aromatic rings. The number of aromatic nitrogens is 1. The highest BCUT2D eigenvalue weighted by atomic mass is 19.4. The van der Waals surface area contributed by atoms with Crippen molar-refractivity contribution < 1.29 is 31.9 Å². The van der Waals surface area contributed by atoms with E-state index in [1.807, 2.05) is 0 Å². The first-order valence-electron chi connectivity index (χ1n) is 5.88. The highest BCUT2D eigenvalue weighted by Crippen LogP contribution is 2.28. The van der Waals surface area contributed by atoms with Crippen molar-refractivity contribution in [3.05, 3.63) is 36.4 Å². The molecule has 0 amide bonds. The van der Waals surface area contributed by atoms with Crippen LogP contribution in [0.2, 0.25) is 0 Å². The van der Waals surface area contributed by atoms with Gasteiger partial charge in [0.05, 0.1) is 12.8 Å². The average molecular weight is 301 g/mol. The lowest BCUT2D eigenvalue weighted by Crippen LogP contribution is -2.17. The first kappa shape index (κ1) is 14.9. The maximum atomic E-state index is 12.2. The van der Waals surface area contributed by atoms with Gasteiger partial charge in [0.15, 0.2) is 5.76 Å². The second-order valence-electron chi connectivity index (χ2n) is 3.83. The average Bonchev–Trinajstić information content (AvgIpc) is 2.87. The minimum absolute atomic E-state index is 0.130. The molecule has 1 aromatic heterocycles. The molecular weight excluding hydrogens is 291 g/mol. The van der Waals surface area contributed by atoms with Crippen LogP contribution in [-0.2, 0) is 4.74 Å². The fourth-order valence-electron chi connectivity index (χ4n) is 1.54. The van der Waals surface area contributed by atoms with Crippen LogP contribution in [0.25, 0.3) is 11.3 Å². The van der Waals surface area contributed by atoms with E-state index in [4.69, 9.17) is 9.15 Å². The Kier molecular flexibility index (Phi) is 4.15. The summed E-state index contributed by atoms with van der Waals surface area (Å²) in [5.74, 6) is -1.28. The molecule has 8 heteroatoms. The van der Waals surface area contributed by atoms with Gasteiger partial charge < -0.3 is 13.9 Å². The van der Waals surface area contributed by atoms with Crippen molar-refractivity contribution in [2.75, 3.05) is 6.61 Å². The number of benzene rings is 1. The van der Waals surface area contributed by atoms with Gasteiger partial charge in [0.25, 0.3) is 0 Å². The van der Waals surface area contributed by atoms with Crippen LogP contribution in [-0.4, -0.2) is 23.9 Å². The van der Waals surface area contributed by atoms with Crippen molar-refractivity contribution in [2.45, 2.75) is 13.3 Å². The van der Waals surface area contributed by atoms with Gasteiger partial charge in [0, 0.05) is 5.56 Å². The summed E-state index contributed by atoms with van der Waals surface area (Å²) in [6, 6.07) is 5.14. The summed E-state index contributed by atoms with van der Waals surface area (Å²) in [5.41, 5.74) is 0.291. The zero-order valence-corrected chi connectivity index (χ0v) is 10.8. The smallest absolute Gasteiger partial charge is 0.459 e. The quantitative estimate of drug-likeness (QED) is 0.810. The second kappa shape index (κ2) is 5.86. The van der Waals surface area contributed by atoms with Gasteiger partial charge in [-0.15, -0.1) is 13.2 Å². The Labute approximate surface area is 117 Å². The lowest BCUT2D eigenvalue weighted by molar-refractivity contribution is -0.274. The molecule has 0 atom stereocenters. The molecule has 0 aliphatic carbocycles. The standard InChI is InChI=1S/C13H10F3NO4/c1-2-19-12(18)11-17-7-10(20-11)8-4-3-5-9(6-8)21-13(14,15)16/h3-7H,2H2,1H3. The third kappa shape index (κ3) is 3.98. The van der Waals surface area contributed by atoms with Crippen LogP contribution >= 0.6 is 0 Å². The molecule has 0 unspecified atom stereocenters. The summed E-state index contributed by atoms with van der Waals surface area (Å²) >= 11 is 0. The summed E-state index contributed by atoms with van der Waals surface area (Å²) in [4.78, 5) is 15.1. The summed E-state index contributed by atoms with van der Waals surface area (Å²) in [6.07, 6.45) is -3.56. The molecule has 1 heterocycles. The van der Waals surface area contributed by atoms with Crippen LogP contribution in [0.5, 0.6) is 5.75 Å². The van der Waals surface area contributed by atoms with Gasteiger partial charge in [0.2, 0.25) is 0 Å². The number of nitrogens with zero attached hydrogens (tertiary/aromatic N) is 1. The molecule has 2 rings (SSSR count). The lowest BCUT2D eigenvalue weighted by atomic mass is 10.2. The first-order chi connectivity index (χ1) is 9.89. The third-order valence-electron chi connectivity index (χ3n) is 2.31. The first-order valence-corrected chi connectivity index (χ1v) is 5.88. The van der Waals surface area contributed by atoms with Crippen LogP contribution in [0.1, 0.15) is 17.6 Å². The van der Waals surface area contributed by atoms with Gasteiger partial charge in [-0.05, 0) is 19.1 Å². The van der Waals surface area contributed by atoms with E-state index in [-0.39, 0.29) is 18.3 Å². The fraction of sp³-hybridized carbons (Fsp3) is 0.231. The summed E-state index contributed by atoms with van der Waals surface area (Å²) in [6.45, 7) is 1.78. The molecule has 1 aromatic carbocycles. The summed E-state index contributed by atoms with van der Waals surface area (Å²) in [5, 5.41) is 0. The molecule has 21 heavy (non-hydrogen) atoms. The predicted molar refractivity (Wildman–Crippen MR) is 64.6 cm³/mol. The molecule has 0 saturated carbocycles. The number of ether oxygens (including phenoxy) is 2. The fourth-order valence-corrected chi connectivity index (χ4v) is 1.54. The molecule has 0 spiro atoms. The van der Waals surface area contributed by atoms with E-state index < -0.39 is 18.1 Å². The molecule has 0 fully saturated rings. The number of halogens is 3. The van der Waals surface area contributed by atoms with Crippen LogP contribution in [0.3, 0.4) is 0 Å². The Hall–Kier alpha value is -2.51. The lowest BCUT2D eigenvalue weighted by Gasteiger charge is -2.09. The summed E-state index contributed by atoms with van der Waals surface area (Å²) < 4.78 is 50.1.